The SMILES string of the molecule is Cc1ccc(C(C)(CO)N2CCNCC2)cc1. The summed E-state index contributed by atoms with van der Waals surface area (Å²) in [4.78, 5) is 2.37. The minimum absolute atomic E-state index is 0.163. The van der Waals surface area contributed by atoms with Gasteiger partial charge in [-0.15, -0.1) is 0 Å². The Kier molecular flexibility index (Phi) is 3.82. The van der Waals surface area contributed by atoms with Crippen molar-refractivity contribution in [2.24, 2.45) is 0 Å². The number of hydrogen-bond acceptors (Lipinski definition) is 3. The van der Waals surface area contributed by atoms with Gasteiger partial charge in [-0.05, 0) is 19.4 Å². The van der Waals surface area contributed by atoms with E-state index in [1.54, 1.807) is 0 Å². The molecular weight excluding hydrogens is 212 g/mol. The molecule has 1 aromatic carbocycles. The van der Waals surface area contributed by atoms with E-state index >= 15 is 0 Å². The van der Waals surface area contributed by atoms with Crippen molar-refractivity contribution in [2.75, 3.05) is 32.8 Å². The first-order valence-electron chi connectivity index (χ1n) is 6.30. The number of aliphatic hydroxyl groups excluding tert-OH is 1. The number of nitrogens with one attached hydrogen (secondary N) is 1. The first-order chi connectivity index (χ1) is 8.16. The average molecular weight is 234 g/mol. The van der Waals surface area contributed by atoms with Crippen LogP contribution in [0.4, 0.5) is 0 Å². The van der Waals surface area contributed by atoms with Gasteiger partial charge in [0, 0.05) is 26.2 Å². The Morgan fingerprint density at radius 3 is 2.35 bits per heavy atom. The molecule has 3 nitrogen and oxygen atoms in total. The molecule has 1 aromatic rings. The minimum Gasteiger partial charge on any atom is -0.394 e. The quantitative estimate of drug-likeness (QED) is 0.822. The first-order valence-corrected chi connectivity index (χ1v) is 6.30. The van der Waals surface area contributed by atoms with Crippen molar-refractivity contribution in [1.29, 1.82) is 0 Å². The lowest BCUT2D eigenvalue weighted by Gasteiger charge is -2.43. The van der Waals surface area contributed by atoms with Crippen molar-refractivity contribution in [3.05, 3.63) is 35.4 Å². The molecule has 0 bridgehead atoms. The summed E-state index contributed by atoms with van der Waals surface area (Å²) >= 11 is 0. The third-order valence-electron chi connectivity index (χ3n) is 3.80. The Balaban J connectivity index is 2.25. The predicted molar refractivity (Wildman–Crippen MR) is 70.1 cm³/mol. The van der Waals surface area contributed by atoms with Gasteiger partial charge in [-0.25, -0.2) is 0 Å². The maximum absolute atomic E-state index is 9.80. The van der Waals surface area contributed by atoms with Gasteiger partial charge in [0.05, 0.1) is 12.1 Å². The fraction of sp³-hybridized carbons (Fsp3) is 0.571. The van der Waals surface area contributed by atoms with Crippen LogP contribution in [0, 0.1) is 6.92 Å². The van der Waals surface area contributed by atoms with Crippen molar-refractivity contribution in [3.63, 3.8) is 0 Å². The van der Waals surface area contributed by atoms with E-state index in [9.17, 15) is 5.11 Å². The van der Waals surface area contributed by atoms with E-state index in [2.05, 4.69) is 48.3 Å². The van der Waals surface area contributed by atoms with Crippen LogP contribution in [0.2, 0.25) is 0 Å². The minimum atomic E-state index is -0.254. The lowest BCUT2D eigenvalue weighted by molar-refractivity contribution is 0.0311. The second kappa shape index (κ2) is 5.17. The van der Waals surface area contributed by atoms with Crippen molar-refractivity contribution in [3.8, 4) is 0 Å². The number of aliphatic hydroxyl groups is 1. The molecule has 0 aliphatic carbocycles. The van der Waals surface area contributed by atoms with Gasteiger partial charge in [0.25, 0.3) is 0 Å². The molecule has 1 aliphatic heterocycles. The summed E-state index contributed by atoms with van der Waals surface area (Å²) in [6.07, 6.45) is 0. The van der Waals surface area contributed by atoms with Crippen LogP contribution < -0.4 is 5.32 Å². The summed E-state index contributed by atoms with van der Waals surface area (Å²) in [6.45, 7) is 8.36. The fourth-order valence-corrected chi connectivity index (χ4v) is 2.44. The highest BCUT2D eigenvalue weighted by molar-refractivity contribution is 5.28. The molecule has 0 amide bonds. The van der Waals surface area contributed by atoms with Crippen LogP contribution in [-0.2, 0) is 5.54 Å². The lowest BCUT2D eigenvalue weighted by Crippen LogP contribution is -2.54. The number of nitrogens with zero attached hydrogens (tertiary/aromatic N) is 1. The monoisotopic (exact) mass is 234 g/mol. The molecule has 1 saturated heterocycles. The van der Waals surface area contributed by atoms with Gasteiger partial charge < -0.3 is 10.4 Å². The molecule has 1 fully saturated rings. The molecule has 1 unspecified atom stereocenters. The second-order valence-corrected chi connectivity index (χ2v) is 5.04. The number of rotatable bonds is 3. The van der Waals surface area contributed by atoms with E-state index in [-0.39, 0.29) is 12.1 Å². The van der Waals surface area contributed by atoms with Crippen LogP contribution in [0.3, 0.4) is 0 Å². The Morgan fingerprint density at radius 1 is 1.24 bits per heavy atom. The van der Waals surface area contributed by atoms with E-state index in [0.29, 0.717) is 0 Å². The topological polar surface area (TPSA) is 35.5 Å². The average Bonchev–Trinajstić information content (AvgIpc) is 2.40. The first kappa shape index (κ1) is 12.6. The van der Waals surface area contributed by atoms with Gasteiger partial charge in [-0.2, -0.15) is 0 Å². The summed E-state index contributed by atoms with van der Waals surface area (Å²) in [5.74, 6) is 0. The van der Waals surface area contributed by atoms with Gasteiger partial charge in [0.15, 0.2) is 0 Å². The van der Waals surface area contributed by atoms with E-state index in [4.69, 9.17) is 0 Å². The van der Waals surface area contributed by atoms with Gasteiger partial charge in [-0.3, -0.25) is 4.90 Å². The largest absolute Gasteiger partial charge is 0.394 e. The molecule has 2 rings (SSSR count). The number of piperazine rings is 1. The maximum atomic E-state index is 9.80. The molecule has 0 radical (unpaired) electrons. The second-order valence-electron chi connectivity index (χ2n) is 5.04. The third-order valence-corrected chi connectivity index (χ3v) is 3.80. The molecule has 1 aliphatic rings. The van der Waals surface area contributed by atoms with Gasteiger partial charge in [-0.1, -0.05) is 29.8 Å². The van der Waals surface area contributed by atoms with Crippen LogP contribution in [0.25, 0.3) is 0 Å². The Labute approximate surface area is 103 Å². The smallest absolute Gasteiger partial charge is 0.0666 e. The third kappa shape index (κ3) is 2.51. The Morgan fingerprint density at radius 2 is 1.82 bits per heavy atom. The lowest BCUT2D eigenvalue weighted by atomic mass is 9.89. The highest BCUT2D eigenvalue weighted by Gasteiger charge is 2.33. The van der Waals surface area contributed by atoms with Crippen LogP contribution in [0.5, 0.6) is 0 Å². The van der Waals surface area contributed by atoms with E-state index < -0.39 is 0 Å². The molecule has 94 valence electrons. The van der Waals surface area contributed by atoms with Crippen LogP contribution >= 0.6 is 0 Å². The number of benzene rings is 1. The van der Waals surface area contributed by atoms with E-state index in [1.807, 2.05) is 0 Å². The van der Waals surface area contributed by atoms with Crippen LogP contribution in [-0.4, -0.2) is 42.8 Å². The molecule has 0 spiro atoms. The fourth-order valence-electron chi connectivity index (χ4n) is 2.44. The normalized spacial score (nSPS) is 21.1. The Bertz CT molecular complexity index is 357. The molecular formula is C14H22N2O. The molecule has 3 heteroatoms. The summed E-state index contributed by atoms with van der Waals surface area (Å²) in [6, 6.07) is 8.50. The van der Waals surface area contributed by atoms with Crippen molar-refractivity contribution in [2.45, 2.75) is 19.4 Å². The summed E-state index contributed by atoms with van der Waals surface area (Å²) < 4.78 is 0. The predicted octanol–water partition coefficient (Wildman–Crippen LogP) is 1.11. The Hall–Kier alpha value is -0.900. The van der Waals surface area contributed by atoms with Gasteiger partial charge >= 0.3 is 0 Å². The molecule has 0 saturated carbocycles. The highest BCUT2D eigenvalue weighted by Crippen LogP contribution is 2.28. The molecule has 0 aromatic heterocycles. The summed E-state index contributed by atoms with van der Waals surface area (Å²) in [7, 11) is 0. The van der Waals surface area contributed by atoms with Crippen LogP contribution in [0.1, 0.15) is 18.1 Å². The zero-order valence-corrected chi connectivity index (χ0v) is 10.7. The summed E-state index contributed by atoms with van der Waals surface area (Å²) in [5.41, 5.74) is 2.21. The van der Waals surface area contributed by atoms with Gasteiger partial charge in [0.2, 0.25) is 0 Å². The molecule has 17 heavy (non-hydrogen) atoms. The molecule has 1 heterocycles. The van der Waals surface area contributed by atoms with Crippen molar-refractivity contribution in [1.82, 2.24) is 10.2 Å². The van der Waals surface area contributed by atoms with Gasteiger partial charge in [0.1, 0.15) is 0 Å². The molecule has 1 atom stereocenters. The number of aryl methyl sites for hydroxylation is 1. The number of hydrogen-bond donors (Lipinski definition) is 2. The van der Waals surface area contributed by atoms with E-state index in [1.165, 1.54) is 11.1 Å². The van der Waals surface area contributed by atoms with Crippen molar-refractivity contribution < 1.29 is 5.11 Å². The maximum Gasteiger partial charge on any atom is 0.0666 e. The zero-order chi connectivity index (χ0) is 12.3. The highest BCUT2D eigenvalue weighted by atomic mass is 16.3. The van der Waals surface area contributed by atoms with Crippen molar-refractivity contribution >= 4 is 0 Å². The standard InChI is InChI=1S/C14H22N2O/c1-12-3-5-13(6-4-12)14(2,11-17)16-9-7-15-8-10-16/h3-6,15,17H,7-11H2,1-2H3. The molecule has 2 N–H and O–H groups in total. The van der Waals surface area contributed by atoms with Crippen LogP contribution in [0.15, 0.2) is 24.3 Å². The zero-order valence-electron chi connectivity index (χ0n) is 10.7. The van der Waals surface area contributed by atoms with E-state index in [0.717, 1.165) is 26.2 Å². The summed E-state index contributed by atoms with van der Waals surface area (Å²) in [5, 5.41) is 13.1.